The Morgan fingerprint density at radius 2 is 1.62 bits per heavy atom. The zero-order valence-corrected chi connectivity index (χ0v) is 18.0. The van der Waals surface area contributed by atoms with E-state index in [1.165, 1.54) is 16.3 Å². The molecule has 0 aliphatic rings. The van der Waals surface area contributed by atoms with E-state index >= 15 is 0 Å². The van der Waals surface area contributed by atoms with Crippen molar-refractivity contribution >= 4 is 39.6 Å². The van der Waals surface area contributed by atoms with Gasteiger partial charge in [0.2, 0.25) is 0 Å². The van der Waals surface area contributed by atoms with Crippen molar-refractivity contribution in [3.63, 3.8) is 0 Å². The van der Waals surface area contributed by atoms with Crippen LogP contribution in [-0.2, 0) is 6.54 Å². The Labute approximate surface area is 178 Å². The van der Waals surface area contributed by atoms with Crippen molar-refractivity contribution in [1.29, 1.82) is 0 Å². The highest BCUT2D eigenvalue weighted by atomic mass is 32.1. The lowest BCUT2D eigenvalue weighted by Crippen LogP contribution is -2.38. The molecule has 0 aromatic heterocycles. The number of carbonyl (C=O) groups is 1. The normalized spacial score (nSPS) is 10.9. The Morgan fingerprint density at radius 1 is 0.931 bits per heavy atom. The number of ketones is 1. The number of fused-ring (bicyclic) bond motifs is 1. The summed E-state index contributed by atoms with van der Waals surface area (Å²) in [6, 6.07) is 22.3. The molecule has 0 aliphatic heterocycles. The second-order valence-electron chi connectivity index (χ2n) is 7.43. The van der Waals surface area contributed by atoms with Gasteiger partial charge in [-0.05, 0) is 73.8 Å². The van der Waals surface area contributed by atoms with Crippen molar-refractivity contribution in [3.8, 4) is 0 Å². The Balaban J connectivity index is 1.80. The SMILES string of the molecule is CC(=O)c1ccc(NC(=S)N(CCN(C)C)Cc2cccc3ccccc23)cc1. The fraction of sp³-hybridized carbons (Fsp3) is 0.250. The maximum absolute atomic E-state index is 11.5. The number of hydrogen-bond acceptors (Lipinski definition) is 3. The predicted molar refractivity (Wildman–Crippen MR) is 126 cm³/mol. The summed E-state index contributed by atoms with van der Waals surface area (Å²) in [5.74, 6) is 0.0580. The molecule has 0 radical (unpaired) electrons. The summed E-state index contributed by atoms with van der Waals surface area (Å²) in [7, 11) is 4.13. The molecule has 0 saturated heterocycles. The standard InChI is InChI=1S/C24H27N3OS/c1-18(28)19-11-13-22(14-12-19)25-24(29)27(16-15-26(2)3)17-21-9-6-8-20-7-4-5-10-23(20)21/h4-14H,15-17H2,1-3H3,(H,25,29). The zero-order chi connectivity index (χ0) is 20.8. The molecule has 1 N–H and O–H groups in total. The summed E-state index contributed by atoms with van der Waals surface area (Å²) in [6.07, 6.45) is 0. The summed E-state index contributed by atoms with van der Waals surface area (Å²) in [5, 5.41) is 6.49. The molecular formula is C24H27N3OS. The monoisotopic (exact) mass is 405 g/mol. The maximum Gasteiger partial charge on any atom is 0.173 e. The van der Waals surface area contributed by atoms with E-state index < -0.39 is 0 Å². The number of Topliss-reactive ketones (excluding diaryl/α,β-unsaturated/α-hetero) is 1. The van der Waals surface area contributed by atoms with Crippen LogP contribution in [0.4, 0.5) is 5.69 Å². The maximum atomic E-state index is 11.5. The lowest BCUT2D eigenvalue weighted by molar-refractivity contribution is 0.101. The van der Waals surface area contributed by atoms with E-state index in [4.69, 9.17) is 12.2 Å². The molecule has 0 amide bonds. The average Bonchev–Trinajstić information content (AvgIpc) is 2.71. The van der Waals surface area contributed by atoms with E-state index in [2.05, 4.69) is 71.7 Å². The summed E-state index contributed by atoms with van der Waals surface area (Å²) in [4.78, 5) is 15.8. The molecule has 0 fully saturated rings. The minimum atomic E-state index is 0.0580. The van der Waals surface area contributed by atoms with Crippen LogP contribution in [-0.4, -0.2) is 47.9 Å². The topological polar surface area (TPSA) is 35.6 Å². The first kappa shape index (κ1) is 21.0. The van der Waals surface area contributed by atoms with Gasteiger partial charge >= 0.3 is 0 Å². The Morgan fingerprint density at radius 3 is 2.31 bits per heavy atom. The molecule has 3 rings (SSSR count). The Bertz CT molecular complexity index is 993. The third-order valence-electron chi connectivity index (χ3n) is 4.89. The number of nitrogens with zero attached hydrogens (tertiary/aromatic N) is 2. The highest BCUT2D eigenvalue weighted by Crippen LogP contribution is 2.21. The van der Waals surface area contributed by atoms with Crippen LogP contribution in [0.2, 0.25) is 0 Å². The number of nitrogens with one attached hydrogen (secondary N) is 1. The lowest BCUT2D eigenvalue weighted by atomic mass is 10.0. The third-order valence-corrected chi connectivity index (χ3v) is 5.25. The van der Waals surface area contributed by atoms with Crippen LogP contribution in [0, 0.1) is 0 Å². The number of rotatable bonds is 7. The van der Waals surface area contributed by atoms with Gasteiger partial charge in [0, 0.05) is 30.9 Å². The number of anilines is 1. The fourth-order valence-electron chi connectivity index (χ4n) is 3.20. The summed E-state index contributed by atoms with van der Waals surface area (Å²) in [6.45, 7) is 4.01. The third kappa shape index (κ3) is 5.62. The number of carbonyl (C=O) groups excluding carboxylic acids is 1. The summed E-state index contributed by atoms with van der Waals surface area (Å²) < 4.78 is 0. The van der Waals surface area contributed by atoms with Gasteiger partial charge in [0.15, 0.2) is 10.9 Å². The first-order valence-electron chi connectivity index (χ1n) is 9.72. The Kier molecular flexibility index (Phi) is 6.96. The molecule has 150 valence electrons. The molecule has 3 aromatic carbocycles. The molecule has 0 unspecified atom stereocenters. The molecule has 0 heterocycles. The highest BCUT2D eigenvalue weighted by Gasteiger charge is 2.13. The second kappa shape index (κ2) is 9.63. The van der Waals surface area contributed by atoms with Crippen molar-refractivity contribution in [2.45, 2.75) is 13.5 Å². The molecule has 5 heteroatoms. The molecule has 0 bridgehead atoms. The summed E-state index contributed by atoms with van der Waals surface area (Å²) in [5.41, 5.74) is 2.83. The first-order valence-corrected chi connectivity index (χ1v) is 10.1. The molecular weight excluding hydrogens is 378 g/mol. The molecule has 0 spiro atoms. The van der Waals surface area contributed by atoms with Crippen molar-refractivity contribution < 1.29 is 4.79 Å². The van der Waals surface area contributed by atoms with Crippen molar-refractivity contribution in [2.75, 3.05) is 32.5 Å². The average molecular weight is 406 g/mol. The van der Waals surface area contributed by atoms with Crippen LogP contribution >= 0.6 is 12.2 Å². The van der Waals surface area contributed by atoms with E-state index in [1.54, 1.807) is 6.92 Å². The van der Waals surface area contributed by atoms with Crippen LogP contribution in [0.25, 0.3) is 10.8 Å². The smallest absolute Gasteiger partial charge is 0.173 e. The van der Waals surface area contributed by atoms with Gasteiger partial charge in [-0.2, -0.15) is 0 Å². The fourth-order valence-corrected chi connectivity index (χ4v) is 3.47. The second-order valence-corrected chi connectivity index (χ2v) is 7.81. The van der Waals surface area contributed by atoms with Crippen LogP contribution in [0.1, 0.15) is 22.8 Å². The molecule has 4 nitrogen and oxygen atoms in total. The summed E-state index contributed by atoms with van der Waals surface area (Å²) >= 11 is 5.75. The molecule has 0 aliphatic carbocycles. The Hall–Kier alpha value is -2.76. The van der Waals surface area contributed by atoms with E-state index in [1.807, 2.05) is 24.3 Å². The van der Waals surface area contributed by atoms with Crippen LogP contribution in [0.5, 0.6) is 0 Å². The van der Waals surface area contributed by atoms with Gasteiger partial charge in [0.1, 0.15) is 0 Å². The van der Waals surface area contributed by atoms with E-state index in [-0.39, 0.29) is 5.78 Å². The minimum Gasteiger partial charge on any atom is -0.343 e. The van der Waals surface area contributed by atoms with Crippen LogP contribution in [0.15, 0.2) is 66.7 Å². The van der Waals surface area contributed by atoms with E-state index in [0.717, 1.165) is 25.3 Å². The van der Waals surface area contributed by atoms with Crippen molar-refractivity contribution in [2.24, 2.45) is 0 Å². The number of likely N-dealkylation sites (N-methyl/N-ethyl adjacent to an activating group) is 1. The largest absolute Gasteiger partial charge is 0.343 e. The van der Waals surface area contributed by atoms with Crippen molar-refractivity contribution in [3.05, 3.63) is 77.9 Å². The number of benzene rings is 3. The molecule has 3 aromatic rings. The van der Waals surface area contributed by atoms with E-state index in [0.29, 0.717) is 10.7 Å². The molecule has 0 atom stereocenters. The number of thiocarbonyl (C=S) groups is 1. The lowest BCUT2D eigenvalue weighted by Gasteiger charge is -2.28. The van der Waals surface area contributed by atoms with Crippen LogP contribution in [0.3, 0.4) is 0 Å². The number of hydrogen-bond donors (Lipinski definition) is 1. The predicted octanol–water partition coefficient (Wildman–Crippen LogP) is 4.80. The quantitative estimate of drug-likeness (QED) is 0.451. The van der Waals surface area contributed by atoms with Gasteiger partial charge in [0.05, 0.1) is 0 Å². The van der Waals surface area contributed by atoms with Gasteiger partial charge in [0.25, 0.3) is 0 Å². The van der Waals surface area contributed by atoms with Gasteiger partial charge in [-0.3, -0.25) is 4.79 Å². The first-order chi connectivity index (χ1) is 13.9. The van der Waals surface area contributed by atoms with Gasteiger partial charge < -0.3 is 15.1 Å². The van der Waals surface area contributed by atoms with Gasteiger partial charge in [-0.1, -0.05) is 42.5 Å². The van der Waals surface area contributed by atoms with Gasteiger partial charge in [-0.25, -0.2) is 0 Å². The minimum absolute atomic E-state index is 0.0580. The molecule has 0 saturated carbocycles. The van der Waals surface area contributed by atoms with Crippen molar-refractivity contribution in [1.82, 2.24) is 9.80 Å². The molecule has 29 heavy (non-hydrogen) atoms. The van der Waals surface area contributed by atoms with Crippen LogP contribution < -0.4 is 5.32 Å². The highest BCUT2D eigenvalue weighted by molar-refractivity contribution is 7.80. The zero-order valence-electron chi connectivity index (χ0n) is 17.2. The van der Waals surface area contributed by atoms with E-state index in [9.17, 15) is 4.79 Å². The van der Waals surface area contributed by atoms with Gasteiger partial charge in [-0.15, -0.1) is 0 Å².